The Morgan fingerprint density at radius 3 is 2.54 bits per heavy atom. The van der Waals surface area contributed by atoms with Gasteiger partial charge in [0.2, 0.25) is 0 Å². The number of amides is 1. The van der Waals surface area contributed by atoms with Gasteiger partial charge in [-0.05, 0) is 51.1 Å². The lowest BCUT2D eigenvalue weighted by molar-refractivity contribution is 0.0963. The maximum atomic E-state index is 12.3. The average molecular weight is 433 g/mol. The van der Waals surface area contributed by atoms with Crippen LogP contribution in [-0.4, -0.2) is 21.4 Å². The van der Waals surface area contributed by atoms with Gasteiger partial charge >= 0.3 is 0 Å². The molecule has 0 fully saturated rings. The molecule has 8 heteroatoms. The van der Waals surface area contributed by atoms with E-state index in [1.807, 2.05) is 53.9 Å². The molecule has 0 spiro atoms. The molecule has 0 aliphatic rings. The molecule has 0 atom stereocenters. The van der Waals surface area contributed by atoms with Crippen LogP contribution in [-0.2, 0) is 21.4 Å². The van der Waals surface area contributed by atoms with E-state index in [0.717, 1.165) is 32.4 Å². The van der Waals surface area contributed by atoms with Crippen LogP contribution in [0.2, 0.25) is 0 Å². The van der Waals surface area contributed by atoms with Crippen LogP contribution in [0.4, 0.5) is 0 Å². The summed E-state index contributed by atoms with van der Waals surface area (Å²) in [5.41, 5.74) is 3.08. The lowest BCUT2D eigenvalue weighted by atomic mass is 9.97. The SMILES string of the molecule is CNC(=O)c1ccc(CSS(=O)(=O)NCc2cccs2)cc1-c1ccccc1. The molecule has 0 saturated carbocycles. The van der Waals surface area contributed by atoms with Gasteiger partial charge in [-0.2, -0.15) is 0 Å². The molecule has 3 aromatic rings. The molecular weight excluding hydrogens is 412 g/mol. The molecule has 146 valence electrons. The van der Waals surface area contributed by atoms with Crippen molar-refractivity contribution in [2.45, 2.75) is 12.3 Å². The molecule has 2 aromatic carbocycles. The second kappa shape index (κ2) is 9.38. The zero-order valence-electron chi connectivity index (χ0n) is 15.2. The molecule has 3 rings (SSSR count). The number of hydrogen-bond acceptors (Lipinski definition) is 5. The number of thiophene rings is 1. The molecule has 0 aliphatic carbocycles. The van der Waals surface area contributed by atoms with Gasteiger partial charge in [-0.25, -0.2) is 13.1 Å². The molecule has 0 radical (unpaired) electrons. The van der Waals surface area contributed by atoms with Gasteiger partial charge in [-0.15, -0.1) is 11.3 Å². The van der Waals surface area contributed by atoms with Crippen LogP contribution >= 0.6 is 22.1 Å². The fourth-order valence-electron chi connectivity index (χ4n) is 2.63. The van der Waals surface area contributed by atoms with Gasteiger partial charge < -0.3 is 5.32 Å². The van der Waals surface area contributed by atoms with Crippen LogP contribution in [0.25, 0.3) is 11.1 Å². The van der Waals surface area contributed by atoms with Gasteiger partial charge in [0.25, 0.3) is 15.0 Å². The molecule has 2 N–H and O–H groups in total. The fraction of sp³-hybridized carbons (Fsp3) is 0.150. The first-order valence-corrected chi connectivity index (χ1v) is 12.4. The minimum atomic E-state index is -3.47. The summed E-state index contributed by atoms with van der Waals surface area (Å²) in [5.74, 6) is 0.108. The smallest absolute Gasteiger partial charge is 0.265 e. The summed E-state index contributed by atoms with van der Waals surface area (Å²) >= 11 is 1.51. The van der Waals surface area contributed by atoms with Crippen LogP contribution in [0.3, 0.4) is 0 Å². The van der Waals surface area contributed by atoms with E-state index in [4.69, 9.17) is 0 Å². The summed E-state index contributed by atoms with van der Waals surface area (Å²) in [4.78, 5) is 13.2. The Hall–Kier alpha value is -2.13. The van der Waals surface area contributed by atoms with Crippen molar-refractivity contribution >= 4 is 37.1 Å². The third kappa shape index (κ3) is 5.45. The minimum Gasteiger partial charge on any atom is -0.355 e. The van der Waals surface area contributed by atoms with Crippen molar-refractivity contribution in [2.75, 3.05) is 7.05 Å². The van der Waals surface area contributed by atoms with E-state index in [1.165, 1.54) is 11.3 Å². The van der Waals surface area contributed by atoms with Crippen LogP contribution in [0.5, 0.6) is 0 Å². The predicted molar refractivity (Wildman–Crippen MR) is 117 cm³/mol. The molecule has 1 heterocycles. The van der Waals surface area contributed by atoms with Crippen LogP contribution in [0.1, 0.15) is 20.8 Å². The van der Waals surface area contributed by atoms with Crippen molar-refractivity contribution in [1.29, 1.82) is 0 Å². The first-order valence-electron chi connectivity index (χ1n) is 8.55. The summed E-state index contributed by atoms with van der Waals surface area (Å²) in [7, 11) is -1.04. The highest BCUT2D eigenvalue weighted by Crippen LogP contribution is 2.28. The van der Waals surface area contributed by atoms with E-state index in [2.05, 4.69) is 10.0 Å². The highest BCUT2D eigenvalue weighted by Gasteiger charge is 2.15. The zero-order chi connectivity index (χ0) is 20.0. The summed E-state index contributed by atoms with van der Waals surface area (Å²) in [5, 5.41) is 4.56. The highest BCUT2D eigenvalue weighted by atomic mass is 33.1. The van der Waals surface area contributed by atoms with E-state index in [-0.39, 0.29) is 18.2 Å². The Balaban J connectivity index is 1.76. The summed E-state index contributed by atoms with van der Waals surface area (Å²) in [6, 6.07) is 18.8. The van der Waals surface area contributed by atoms with Crippen LogP contribution in [0.15, 0.2) is 66.0 Å². The third-order valence-electron chi connectivity index (χ3n) is 4.02. The number of benzene rings is 2. The monoisotopic (exact) mass is 432 g/mol. The lowest BCUT2D eigenvalue weighted by Crippen LogP contribution is -2.19. The number of hydrogen-bond donors (Lipinski definition) is 2. The summed E-state index contributed by atoms with van der Waals surface area (Å²) in [6.07, 6.45) is 0. The Labute approximate surface area is 172 Å². The minimum absolute atomic E-state index is 0.178. The zero-order valence-corrected chi connectivity index (χ0v) is 17.7. The second-order valence-corrected chi connectivity index (χ2v) is 10.7. The Morgan fingerprint density at radius 2 is 1.86 bits per heavy atom. The molecule has 0 saturated heterocycles. The number of rotatable bonds is 8. The van der Waals surface area contributed by atoms with E-state index in [1.54, 1.807) is 19.2 Å². The van der Waals surface area contributed by atoms with Crippen molar-refractivity contribution in [3.63, 3.8) is 0 Å². The van der Waals surface area contributed by atoms with E-state index in [9.17, 15) is 13.2 Å². The van der Waals surface area contributed by atoms with Gasteiger partial charge in [0.05, 0.1) is 0 Å². The summed E-state index contributed by atoms with van der Waals surface area (Å²) in [6.45, 7) is 0.290. The van der Waals surface area contributed by atoms with Gasteiger partial charge in [-0.3, -0.25) is 4.79 Å². The van der Waals surface area contributed by atoms with Gasteiger partial charge in [0.1, 0.15) is 0 Å². The second-order valence-electron chi connectivity index (χ2n) is 5.94. The molecule has 1 amide bonds. The maximum absolute atomic E-state index is 12.3. The molecule has 1 aromatic heterocycles. The molecule has 0 unspecified atom stereocenters. The normalized spacial score (nSPS) is 11.3. The van der Waals surface area contributed by atoms with E-state index >= 15 is 0 Å². The van der Waals surface area contributed by atoms with Crippen molar-refractivity contribution in [2.24, 2.45) is 0 Å². The summed E-state index contributed by atoms with van der Waals surface area (Å²) < 4.78 is 27.1. The highest BCUT2D eigenvalue weighted by molar-refractivity contribution is 8.71. The quantitative estimate of drug-likeness (QED) is 0.527. The number of nitrogens with one attached hydrogen (secondary N) is 2. The van der Waals surface area contributed by atoms with Crippen LogP contribution in [0, 0.1) is 0 Å². The Kier molecular flexibility index (Phi) is 6.90. The van der Waals surface area contributed by atoms with E-state index < -0.39 is 9.06 Å². The molecular formula is C20H20N2O3S3. The lowest BCUT2D eigenvalue weighted by Gasteiger charge is -2.12. The van der Waals surface area contributed by atoms with Crippen molar-refractivity contribution in [3.05, 3.63) is 82.0 Å². The predicted octanol–water partition coefficient (Wildman–Crippen LogP) is 4.04. The molecule has 28 heavy (non-hydrogen) atoms. The van der Waals surface area contributed by atoms with Crippen molar-refractivity contribution in [3.8, 4) is 11.1 Å². The van der Waals surface area contributed by atoms with Crippen LogP contribution < -0.4 is 10.0 Å². The number of carbonyl (C=O) groups is 1. The van der Waals surface area contributed by atoms with Crippen molar-refractivity contribution in [1.82, 2.24) is 10.0 Å². The third-order valence-corrected chi connectivity index (χ3v) is 7.80. The van der Waals surface area contributed by atoms with Gasteiger partial charge in [-0.1, -0.05) is 42.5 Å². The average Bonchev–Trinajstić information content (AvgIpc) is 3.25. The van der Waals surface area contributed by atoms with Crippen molar-refractivity contribution < 1.29 is 13.2 Å². The van der Waals surface area contributed by atoms with Gasteiger partial charge in [0.15, 0.2) is 0 Å². The molecule has 5 nitrogen and oxygen atoms in total. The fourth-order valence-corrected chi connectivity index (χ4v) is 5.55. The first-order chi connectivity index (χ1) is 13.5. The molecule has 0 aliphatic heterocycles. The van der Waals surface area contributed by atoms with Gasteiger partial charge in [0, 0.05) is 29.8 Å². The first kappa shape index (κ1) is 20.6. The number of carbonyl (C=O) groups excluding carboxylic acids is 1. The molecule has 0 bridgehead atoms. The Bertz CT molecular complexity index is 1030. The largest absolute Gasteiger partial charge is 0.355 e. The maximum Gasteiger partial charge on any atom is 0.265 e. The topological polar surface area (TPSA) is 75.3 Å². The standard InChI is InChI=1S/C20H20N2O3S3/c1-21-20(23)18-10-9-15(12-19(18)16-6-3-2-4-7-16)14-27-28(24,25)22-13-17-8-5-11-26-17/h2-12,22H,13-14H2,1H3,(H,21,23). The van der Waals surface area contributed by atoms with E-state index in [0.29, 0.717) is 5.56 Å². The Morgan fingerprint density at radius 1 is 1.07 bits per heavy atom.